The van der Waals surface area contributed by atoms with Gasteiger partial charge in [-0.1, -0.05) is 78.9 Å². The van der Waals surface area contributed by atoms with Gasteiger partial charge in [0.1, 0.15) is 5.82 Å². The lowest BCUT2D eigenvalue weighted by Gasteiger charge is -2.27. The molecule has 4 heteroatoms. The Hall–Kier alpha value is -5.22. The van der Waals surface area contributed by atoms with Crippen LogP contribution in [0.5, 0.6) is 0 Å². The minimum absolute atomic E-state index is 0.888. The molecule has 40 heavy (non-hydrogen) atoms. The summed E-state index contributed by atoms with van der Waals surface area (Å²) in [6, 6.07) is 41.2. The van der Waals surface area contributed by atoms with Gasteiger partial charge in [-0.25, -0.2) is 9.97 Å². The van der Waals surface area contributed by atoms with Crippen LogP contribution in [0, 0.1) is 0 Å². The topological polar surface area (TPSA) is 44.8 Å². The fourth-order valence-corrected chi connectivity index (χ4v) is 6.53. The van der Waals surface area contributed by atoms with E-state index in [1.54, 1.807) is 0 Å². The summed E-state index contributed by atoms with van der Waals surface area (Å²) in [5.41, 5.74) is 13.3. The first-order chi connectivity index (χ1) is 19.8. The minimum atomic E-state index is 0.888. The lowest BCUT2D eigenvalue weighted by Crippen LogP contribution is -2.14. The molecule has 0 saturated carbocycles. The van der Waals surface area contributed by atoms with Gasteiger partial charge in [-0.15, -0.1) is 0 Å². The zero-order valence-corrected chi connectivity index (χ0v) is 21.7. The van der Waals surface area contributed by atoms with Crippen molar-refractivity contribution in [1.29, 1.82) is 0 Å². The van der Waals surface area contributed by atoms with Gasteiger partial charge in [0.2, 0.25) is 0 Å². The number of aryl methyl sites for hydroxylation is 2. The van der Waals surface area contributed by atoms with Crippen molar-refractivity contribution in [3.8, 4) is 33.8 Å². The summed E-state index contributed by atoms with van der Waals surface area (Å²) >= 11 is 0. The van der Waals surface area contributed by atoms with Gasteiger partial charge in [0, 0.05) is 33.3 Å². The summed E-state index contributed by atoms with van der Waals surface area (Å²) in [4.78, 5) is 16.7. The number of anilines is 3. The van der Waals surface area contributed by atoms with E-state index in [1.165, 1.54) is 27.5 Å². The van der Waals surface area contributed by atoms with E-state index in [4.69, 9.17) is 9.97 Å². The molecule has 7 aromatic rings. The molecule has 0 amide bonds. The molecule has 0 radical (unpaired) electrons. The number of nitrogens with one attached hydrogen (secondary N) is 1. The molecule has 3 aromatic heterocycles. The van der Waals surface area contributed by atoms with Crippen LogP contribution in [-0.2, 0) is 12.8 Å². The molecular formula is C36H24N4. The van der Waals surface area contributed by atoms with Gasteiger partial charge in [0.15, 0.2) is 0 Å². The largest absolute Gasteiger partial charge is 0.353 e. The van der Waals surface area contributed by atoms with Crippen LogP contribution >= 0.6 is 0 Å². The normalized spacial score (nSPS) is 13.2. The highest BCUT2D eigenvalue weighted by molar-refractivity contribution is 6.15. The van der Waals surface area contributed by atoms with E-state index in [0.29, 0.717) is 0 Å². The fraction of sp³-hybridized carbons (Fsp3) is 0.0556. The Kier molecular flexibility index (Phi) is 4.41. The van der Waals surface area contributed by atoms with E-state index in [1.807, 2.05) is 0 Å². The Bertz CT molecular complexity index is 2120. The van der Waals surface area contributed by atoms with Crippen LogP contribution in [0.2, 0.25) is 0 Å². The first kappa shape index (κ1) is 21.7. The van der Waals surface area contributed by atoms with Crippen LogP contribution < -0.4 is 4.90 Å². The third kappa shape index (κ3) is 3.07. The molecule has 4 aromatic carbocycles. The van der Waals surface area contributed by atoms with Crippen molar-refractivity contribution in [3.05, 3.63) is 126 Å². The van der Waals surface area contributed by atoms with E-state index < -0.39 is 0 Å². The summed E-state index contributed by atoms with van der Waals surface area (Å²) in [6.07, 6.45) is 1.94. The second-order valence-electron chi connectivity index (χ2n) is 10.7. The summed E-state index contributed by atoms with van der Waals surface area (Å²) in [5, 5.41) is 2.43. The van der Waals surface area contributed by atoms with Crippen molar-refractivity contribution in [3.63, 3.8) is 0 Å². The second-order valence-corrected chi connectivity index (χ2v) is 10.7. The first-order valence-corrected chi connectivity index (χ1v) is 13.8. The molecule has 2 aliphatic rings. The standard InChI is InChI=1S/C36H24N4/c1-2-8-25(9-3-1)40-26-10-4-7-24(21-26)27-11-5-12-28-29-13-6-14-30(36(29)39-35(27)28)31-19-17-22-15-16-23-18-20-32(40)38-34(23)33(22)37-31/h1-14,17-21,39H,15-16H2. The molecular weight excluding hydrogens is 488 g/mol. The van der Waals surface area contributed by atoms with Crippen molar-refractivity contribution < 1.29 is 0 Å². The Balaban J connectivity index is 1.44. The first-order valence-electron chi connectivity index (χ1n) is 13.8. The van der Waals surface area contributed by atoms with Crippen molar-refractivity contribution in [2.75, 3.05) is 4.90 Å². The van der Waals surface area contributed by atoms with Gasteiger partial charge in [0.25, 0.3) is 0 Å². The molecule has 1 aliphatic heterocycles. The number of pyridine rings is 2. The summed E-state index contributed by atoms with van der Waals surface area (Å²) < 4.78 is 0. The van der Waals surface area contributed by atoms with Crippen molar-refractivity contribution in [2.45, 2.75) is 12.8 Å². The molecule has 0 fully saturated rings. The number of para-hydroxylation sites is 3. The monoisotopic (exact) mass is 512 g/mol. The average Bonchev–Trinajstić information content (AvgIpc) is 3.40. The molecule has 1 aliphatic carbocycles. The zero-order valence-electron chi connectivity index (χ0n) is 21.7. The van der Waals surface area contributed by atoms with Gasteiger partial charge in [-0.05, 0) is 65.9 Å². The lowest BCUT2D eigenvalue weighted by molar-refractivity contribution is 0.912. The molecule has 0 saturated heterocycles. The number of hydrogen-bond donors (Lipinski definition) is 1. The average molecular weight is 513 g/mol. The Morgan fingerprint density at radius 2 is 1.23 bits per heavy atom. The summed E-state index contributed by atoms with van der Waals surface area (Å²) in [5.74, 6) is 0.888. The highest BCUT2D eigenvalue weighted by atomic mass is 15.2. The second kappa shape index (κ2) is 8.14. The van der Waals surface area contributed by atoms with E-state index >= 15 is 0 Å². The number of aromatic amines is 1. The number of rotatable bonds is 1. The van der Waals surface area contributed by atoms with Crippen LogP contribution in [0.15, 0.2) is 115 Å². The van der Waals surface area contributed by atoms with E-state index in [0.717, 1.165) is 69.3 Å². The lowest BCUT2D eigenvalue weighted by atomic mass is 9.91. The minimum Gasteiger partial charge on any atom is -0.353 e. The van der Waals surface area contributed by atoms with Crippen molar-refractivity contribution in [1.82, 2.24) is 15.0 Å². The maximum absolute atomic E-state index is 5.34. The number of hydrogen-bond acceptors (Lipinski definition) is 3. The molecule has 1 N–H and O–H groups in total. The Morgan fingerprint density at radius 1 is 0.550 bits per heavy atom. The smallest absolute Gasteiger partial charge is 0.138 e. The maximum atomic E-state index is 5.34. The molecule has 188 valence electrons. The van der Waals surface area contributed by atoms with Gasteiger partial charge < -0.3 is 4.98 Å². The molecule has 9 rings (SSSR count). The third-order valence-corrected chi connectivity index (χ3v) is 8.43. The molecule has 8 bridgehead atoms. The van der Waals surface area contributed by atoms with Gasteiger partial charge in [-0.3, -0.25) is 4.90 Å². The van der Waals surface area contributed by atoms with Crippen molar-refractivity contribution in [2.24, 2.45) is 0 Å². The van der Waals surface area contributed by atoms with Crippen LogP contribution in [-0.4, -0.2) is 15.0 Å². The quantitative estimate of drug-likeness (QED) is 0.239. The highest BCUT2D eigenvalue weighted by Crippen LogP contribution is 2.42. The number of nitrogens with zero attached hydrogens (tertiary/aromatic N) is 3. The van der Waals surface area contributed by atoms with Crippen LogP contribution in [0.1, 0.15) is 11.1 Å². The van der Waals surface area contributed by atoms with E-state index in [2.05, 4.69) is 125 Å². The SMILES string of the molecule is c1ccc(N2c3cccc(c3)-c3cccc4c3[nH]c3c(cccc34)-c3ccc4c(n3)-c3nc2ccc3CC4)cc1. The zero-order chi connectivity index (χ0) is 26.2. The Labute approximate surface area is 231 Å². The van der Waals surface area contributed by atoms with Crippen LogP contribution in [0.25, 0.3) is 55.6 Å². The number of fused-ring (bicyclic) bond motifs is 7. The van der Waals surface area contributed by atoms with Crippen LogP contribution in [0.4, 0.5) is 17.2 Å². The van der Waals surface area contributed by atoms with Crippen molar-refractivity contribution >= 4 is 39.0 Å². The number of aromatic nitrogens is 3. The summed E-state index contributed by atoms with van der Waals surface area (Å²) in [7, 11) is 0. The van der Waals surface area contributed by atoms with Gasteiger partial charge in [-0.2, -0.15) is 0 Å². The number of benzene rings is 4. The maximum Gasteiger partial charge on any atom is 0.138 e. The van der Waals surface area contributed by atoms with E-state index in [-0.39, 0.29) is 0 Å². The fourth-order valence-electron chi connectivity index (χ4n) is 6.53. The number of H-pyrrole nitrogens is 1. The molecule has 4 heterocycles. The molecule has 4 nitrogen and oxygen atoms in total. The summed E-state index contributed by atoms with van der Waals surface area (Å²) in [6.45, 7) is 0. The highest BCUT2D eigenvalue weighted by Gasteiger charge is 2.24. The predicted molar refractivity (Wildman–Crippen MR) is 163 cm³/mol. The predicted octanol–water partition coefficient (Wildman–Crippen LogP) is 8.99. The van der Waals surface area contributed by atoms with Gasteiger partial charge >= 0.3 is 0 Å². The molecule has 0 unspecified atom stereocenters. The third-order valence-electron chi connectivity index (χ3n) is 8.43. The van der Waals surface area contributed by atoms with Crippen LogP contribution in [0.3, 0.4) is 0 Å². The molecule has 0 spiro atoms. The van der Waals surface area contributed by atoms with E-state index in [9.17, 15) is 0 Å². The Morgan fingerprint density at radius 3 is 2.05 bits per heavy atom. The molecule has 0 atom stereocenters. The van der Waals surface area contributed by atoms with Gasteiger partial charge in [0.05, 0.1) is 28.1 Å².